The molecule has 4 rings (SSSR count). The molecule has 11 heteroatoms. The number of hydrogen-bond acceptors (Lipinski definition) is 10. The van der Waals surface area contributed by atoms with Crippen molar-refractivity contribution in [2.75, 3.05) is 40.1 Å². The Morgan fingerprint density at radius 2 is 1.88 bits per heavy atom. The van der Waals surface area contributed by atoms with Gasteiger partial charge in [-0.2, -0.15) is 5.26 Å². The topological polar surface area (TPSA) is 121 Å². The Bertz CT molecular complexity index is 1680. The number of ether oxygens (including phenoxy) is 5. The molecule has 1 aromatic heterocycles. The van der Waals surface area contributed by atoms with E-state index >= 15 is 0 Å². The summed E-state index contributed by atoms with van der Waals surface area (Å²) < 4.78 is 29.7. The molecule has 2 aromatic carbocycles. The fraction of sp³-hybridized carbons (Fsp3) is 0.355. The lowest BCUT2D eigenvalue weighted by molar-refractivity contribution is -0.140. The summed E-state index contributed by atoms with van der Waals surface area (Å²) in [5.41, 5.74) is 1.76. The second-order valence-electron chi connectivity index (χ2n) is 9.18. The first kappa shape index (κ1) is 30.6. The molecule has 0 N–H and O–H groups in total. The fourth-order valence-corrected chi connectivity index (χ4v) is 5.53. The summed E-state index contributed by atoms with van der Waals surface area (Å²) in [5, 5.41) is 8.89. The fourth-order valence-electron chi connectivity index (χ4n) is 4.49. The summed E-state index contributed by atoms with van der Waals surface area (Å²) in [6.07, 6.45) is 2.54. The first-order chi connectivity index (χ1) is 20.4. The molecule has 0 radical (unpaired) electrons. The van der Waals surface area contributed by atoms with Gasteiger partial charge in [-0.25, -0.2) is 9.79 Å². The third kappa shape index (κ3) is 6.73. The van der Waals surface area contributed by atoms with E-state index in [4.69, 9.17) is 28.9 Å². The molecule has 220 valence electrons. The van der Waals surface area contributed by atoms with Gasteiger partial charge in [0, 0.05) is 12.7 Å². The van der Waals surface area contributed by atoms with Crippen molar-refractivity contribution >= 4 is 23.4 Å². The molecule has 0 spiro atoms. The van der Waals surface area contributed by atoms with Crippen LogP contribution in [0.5, 0.6) is 17.2 Å². The summed E-state index contributed by atoms with van der Waals surface area (Å²) in [5.74, 6) is 0.899. The van der Waals surface area contributed by atoms with Crippen molar-refractivity contribution in [2.24, 2.45) is 4.99 Å². The summed E-state index contributed by atoms with van der Waals surface area (Å²) in [6, 6.07) is 13.7. The van der Waals surface area contributed by atoms with Crippen molar-refractivity contribution in [3.8, 4) is 23.3 Å². The summed E-state index contributed by atoms with van der Waals surface area (Å²) in [7, 11) is 1.53. The molecule has 1 atom stereocenters. The van der Waals surface area contributed by atoms with E-state index in [-0.39, 0.29) is 31.0 Å². The third-order valence-corrected chi connectivity index (χ3v) is 7.28. The van der Waals surface area contributed by atoms with E-state index in [9.17, 15) is 9.59 Å². The molecule has 1 aliphatic heterocycles. The number of allylic oxidation sites excluding steroid dienone is 1. The predicted molar refractivity (Wildman–Crippen MR) is 158 cm³/mol. The third-order valence-electron chi connectivity index (χ3n) is 6.30. The van der Waals surface area contributed by atoms with Crippen LogP contribution in [0.1, 0.15) is 44.4 Å². The van der Waals surface area contributed by atoms with Crippen LogP contribution in [0, 0.1) is 11.3 Å². The van der Waals surface area contributed by atoms with Crippen LogP contribution in [0.3, 0.4) is 0 Å². The number of benzene rings is 2. The first-order valence-corrected chi connectivity index (χ1v) is 14.4. The van der Waals surface area contributed by atoms with E-state index in [1.54, 1.807) is 31.2 Å². The van der Waals surface area contributed by atoms with Gasteiger partial charge in [0.2, 0.25) is 0 Å². The van der Waals surface area contributed by atoms with E-state index in [2.05, 4.69) is 4.99 Å². The van der Waals surface area contributed by atoms with Crippen molar-refractivity contribution in [1.82, 2.24) is 4.57 Å². The largest absolute Gasteiger partial charge is 0.493 e. The number of carbonyl (C=O) groups excluding carboxylic acids is 1. The molecule has 1 aliphatic rings. The van der Waals surface area contributed by atoms with E-state index in [1.165, 1.54) is 23.0 Å². The van der Waals surface area contributed by atoms with Gasteiger partial charge < -0.3 is 23.7 Å². The lowest BCUT2D eigenvalue weighted by atomic mass is 9.95. The van der Waals surface area contributed by atoms with Crippen LogP contribution in [0.2, 0.25) is 0 Å². The maximum Gasteiger partial charge on any atom is 0.338 e. The van der Waals surface area contributed by atoms with Crippen LogP contribution in [0.15, 0.2) is 63.5 Å². The number of rotatable bonds is 13. The summed E-state index contributed by atoms with van der Waals surface area (Å²) >= 11 is 1.22. The molecule has 0 unspecified atom stereocenters. The normalized spacial score (nSPS) is 14.5. The lowest BCUT2D eigenvalue weighted by Crippen LogP contribution is -2.40. The van der Waals surface area contributed by atoms with Gasteiger partial charge in [-0.1, -0.05) is 42.5 Å². The van der Waals surface area contributed by atoms with Crippen molar-refractivity contribution in [1.29, 1.82) is 5.26 Å². The van der Waals surface area contributed by atoms with Crippen LogP contribution in [-0.4, -0.2) is 50.7 Å². The second-order valence-corrected chi connectivity index (χ2v) is 10.2. The Balaban J connectivity index is 1.87. The van der Waals surface area contributed by atoms with Gasteiger partial charge in [-0.05, 0) is 50.1 Å². The summed E-state index contributed by atoms with van der Waals surface area (Å²) in [4.78, 5) is 32.6. The lowest BCUT2D eigenvalue weighted by Gasteiger charge is -2.26. The number of nitriles is 1. The molecular weight excluding hydrogens is 558 g/mol. The maximum atomic E-state index is 14.0. The van der Waals surface area contributed by atoms with E-state index in [0.717, 1.165) is 6.42 Å². The summed E-state index contributed by atoms with van der Waals surface area (Å²) in [6.45, 7) is 6.66. The number of methoxy groups -OCH3 is 1. The van der Waals surface area contributed by atoms with Crippen LogP contribution in [-0.2, 0) is 14.3 Å². The van der Waals surface area contributed by atoms with Gasteiger partial charge in [-0.3, -0.25) is 9.36 Å². The van der Waals surface area contributed by atoms with E-state index < -0.39 is 12.0 Å². The molecule has 0 fully saturated rings. The first-order valence-electron chi connectivity index (χ1n) is 13.6. The van der Waals surface area contributed by atoms with Crippen molar-refractivity contribution in [3.63, 3.8) is 0 Å². The van der Waals surface area contributed by atoms with Crippen molar-refractivity contribution < 1.29 is 28.5 Å². The van der Waals surface area contributed by atoms with Gasteiger partial charge in [0.1, 0.15) is 24.5 Å². The monoisotopic (exact) mass is 591 g/mol. The second kappa shape index (κ2) is 14.5. The van der Waals surface area contributed by atoms with E-state index in [0.29, 0.717) is 56.6 Å². The zero-order valence-corrected chi connectivity index (χ0v) is 24.9. The van der Waals surface area contributed by atoms with Gasteiger partial charge in [-0.15, -0.1) is 0 Å². The zero-order chi connectivity index (χ0) is 30.1. The minimum atomic E-state index is -0.813. The molecule has 0 saturated carbocycles. The Hall–Kier alpha value is -4.40. The Morgan fingerprint density at radius 3 is 2.62 bits per heavy atom. The number of fused-ring (bicyclic) bond motifs is 1. The van der Waals surface area contributed by atoms with Crippen LogP contribution >= 0.6 is 11.3 Å². The molecule has 10 nitrogen and oxygen atoms in total. The molecule has 0 bridgehead atoms. The number of thiazole rings is 1. The highest BCUT2D eigenvalue weighted by Gasteiger charge is 2.35. The number of esters is 1. The molecule has 42 heavy (non-hydrogen) atoms. The minimum absolute atomic E-state index is 0.0630. The van der Waals surface area contributed by atoms with Crippen molar-refractivity contribution in [2.45, 2.75) is 33.2 Å². The molecule has 3 aromatic rings. The Morgan fingerprint density at radius 1 is 1.07 bits per heavy atom. The average molecular weight is 592 g/mol. The quantitative estimate of drug-likeness (QED) is 0.219. The standard InChI is InChI=1S/C31H33N3O7S/c1-5-14-39-23-10-8-7-9-22(23)28-27(30(36)41-17-16-37-4)20(3)33-31-34(28)29(35)26(42-31)19-21-11-12-24(40-15-13-32)25(18-21)38-6-2/h7-12,18-19,28H,5-6,14-17H2,1-4H3/b26-19+/t28-/m1/s1. The van der Waals surface area contributed by atoms with Crippen LogP contribution in [0.25, 0.3) is 6.08 Å². The highest BCUT2D eigenvalue weighted by atomic mass is 32.1. The molecule has 2 heterocycles. The van der Waals surface area contributed by atoms with Gasteiger partial charge in [0.15, 0.2) is 22.9 Å². The zero-order valence-electron chi connectivity index (χ0n) is 24.0. The minimum Gasteiger partial charge on any atom is -0.493 e. The molecular formula is C31H33N3O7S. The Labute approximate surface area is 247 Å². The number of carbonyl (C=O) groups is 1. The molecule has 0 amide bonds. The van der Waals surface area contributed by atoms with Crippen LogP contribution in [0.4, 0.5) is 0 Å². The molecule has 0 aliphatic carbocycles. The molecule has 0 saturated heterocycles. The maximum absolute atomic E-state index is 14.0. The van der Waals surface area contributed by atoms with Gasteiger partial charge in [0.25, 0.3) is 5.56 Å². The highest BCUT2D eigenvalue weighted by molar-refractivity contribution is 7.07. The van der Waals surface area contributed by atoms with Gasteiger partial charge in [0.05, 0.1) is 35.6 Å². The van der Waals surface area contributed by atoms with Crippen molar-refractivity contribution in [3.05, 3.63) is 84.5 Å². The number of hydrogen-bond donors (Lipinski definition) is 0. The SMILES string of the molecule is CCCOc1ccccc1[C@@H]1C(C(=O)OCCOC)=C(C)N=c2s/c(=C/c3ccc(OCC#N)c(OCC)c3)c(=O)n21. The van der Waals surface area contributed by atoms with Gasteiger partial charge >= 0.3 is 5.97 Å². The predicted octanol–water partition coefficient (Wildman–Crippen LogP) is 3.51. The smallest absolute Gasteiger partial charge is 0.338 e. The Kier molecular flexibility index (Phi) is 10.5. The van der Waals surface area contributed by atoms with E-state index in [1.807, 2.05) is 44.2 Å². The highest BCUT2D eigenvalue weighted by Crippen LogP contribution is 2.36. The number of aromatic nitrogens is 1. The number of para-hydroxylation sites is 1. The number of nitrogens with zero attached hydrogens (tertiary/aromatic N) is 3. The average Bonchev–Trinajstić information content (AvgIpc) is 3.29. The van der Waals surface area contributed by atoms with Crippen LogP contribution < -0.4 is 29.1 Å².